The monoisotopic (exact) mass is 324 g/mol. The number of carbonyl (C=O) groups is 2. The minimum absolute atomic E-state index is 0.0633. The van der Waals surface area contributed by atoms with E-state index in [0.29, 0.717) is 55.1 Å². The van der Waals surface area contributed by atoms with Crippen LogP contribution in [0.1, 0.15) is 43.0 Å². The summed E-state index contributed by atoms with van der Waals surface area (Å²) >= 11 is 0. The molecule has 0 atom stereocenters. The Morgan fingerprint density at radius 2 is 1.43 bits per heavy atom. The summed E-state index contributed by atoms with van der Waals surface area (Å²) in [7, 11) is 4.53. The summed E-state index contributed by atoms with van der Waals surface area (Å²) in [6.07, 6.45) is 1.87. The van der Waals surface area contributed by atoms with Gasteiger partial charge in [0.2, 0.25) is 0 Å². The number of rotatable bonds is 10. The first-order valence-corrected chi connectivity index (χ1v) is 7.56. The predicted octanol–water partition coefficient (Wildman–Crippen LogP) is 3.02. The van der Waals surface area contributed by atoms with Crippen molar-refractivity contribution in [3.05, 3.63) is 17.7 Å². The summed E-state index contributed by atoms with van der Waals surface area (Å²) in [4.78, 5) is 23.6. The van der Waals surface area contributed by atoms with E-state index in [1.165, 1.54) is 21.3 Å². The Balaban J connectivity index is 2.70. The number of hydrogen-bond acceptors (Lipinski definition) is 6. The van der Waals surface area contributed by atoms with Crippen LogP contribution in [0.4, 0.5) is 0 Å². The highest BCUT2D eigenvalue weighted by molar-refractivity contribution is 5.99. The van der Waals surface area contributed by atoms with Gasteiger partial charge in [-0.2, -0.15) is 0 Å². The molecule has 1 aromatic carbocycles. The normalized spacial score (nSPS) is 10.1. The Morgan fingerprint density at radius 1 is 0.870 bits per heavy atom. The number of unbranched alkanes of at least 4 members (excludes halogenated alkanes) is 1. The van der Waals surface area contributed by atoms with Crippen LogP contribution in [0.15, 0.2) is 12.1 Å². The van der Waals surface area contributed by atoms with E-state index in [4.69, 9.17) is 18.9 Å². The lowest BCUT2D eigenvalue weighted by atomic mass is 10.0. The molecule has 128 valence electrons. The maximum Gasteiger partial charge on any atom is 0.305 e. The molecule has 0 aliphatic rings. The first-order valence-electron chi connectivity index (χ1n) is 7.56. The van der Waals surface area contributed by atoms with Gasteiger partial charge < -0.3 is 18.9 Å². The van der Waals surface area contributed by atoms with Gasteiger partial charge in [0.05, 0.1) is 33.5 Å². The minimum atomic E-state index is -0.233. The highest BCUT2D eigenvalue weighted by atomic mass is 16.5. The van der Waals surface area contributed by atoms with Gasteiger partial charge >= 0.3 is 5.97 Å². The second kappa shape index (κ2) is 9.71. The van der Waals surface area contributed by atoms with Crippen molar-refractivity contribution in [1.82, 2.24) is 0 Å². The Hall–Kier alpha value is -2.24. The van der Waals surface area contributed by atoms with Crippen LogP contribution in [0.3, 0.4) is 0 Å². The van der Waals surface area contributed by atoms with Crippen molar-refractivity contribution in [3.63, 3.8) is 0 Å². The van der Waals surface area contributed by atoms with Crippen LogP contribution >= 0.6 is 0 Å². The van der Waals surface area contributed by atoms with E-state index in [-0.39, 0.29) is 11.8 Å². The van der Waals surface area contributed by atoms with Gasteiger partial charge in [-0.3, -0.25) is 9.59 Å². The number of esters is 1. The standard InChI is InChI=1S/C17H24O6/c1-5-23-17(19)9-7-6-8-13(18)12-10-15(21-3)16(22-4)11-14(12)20-2/h10-11H,5-9H2,1-4H3. The Bertz CT molecular complexity index is 538. The topological polar surface area (TPSA) is 71.1 Å². The van der Waals surface area contributed by atoms with E-state index >= 15 is 0 Å². The zero-order chi connectivity index (χ0) is 17.2. The summed E-state index contributed by atoms with van der Waals surface area (Å²) in [5.74, 6) is 1.12. The second-order valence-electron chi connectivity index (χ2n) is 4.84. The lowest BCUT2D eigenvalue weighted by Crippen LogP contribution is -2.06. The molecule has 0 heterocycles. The molecule has 1 rings (SSSR count). The SMILES string of the molecule is CCOC(=O)CCCCC(=O)c1cc(OC)c(OC)cc1OC. The maximum absolute atomic E-state index is 12.4. The minimum Gasteiger partial charge on any atom is -0.496 e. The van der Waals surface area contributed by atoms with Crippen molar-refractivity contribution in [1.29, 1.82) is 0 Å². The van der Waals surface area contributed by atoms with E-state index in [2.05, 4.69) is 0 Å². The average molecular weight is 324 g/mol. The zero-order valence-corrected chi connectivity index (χ0v) is 14.1. The number of hydrogen-bond donors (Lipinski definition) is 0. The summed E-state index contributed by atoms with van der Waals surface area (Å²) < 4.78 is 20.5. The molecule has 0 saturated heterocycles. The van der Waals surface area contributed by atoms with Gasteiger partial charge in [-0.15, -0.1) is 0 Å². The molecule has 0 aromatic heterocycles. The van der Waals surface area contributed by atoms with Crippen molar-refractivity contribution in [2.75, 3.05) is 27.9 Å². The van der Waals surface area contributed by atoms with Gasteiger partial charge in [0.15, 0.2) is 17.3 Å². The van der Waals surface area contributed by atoms with Gasteiger partial charge in [-0.25, -0.2) is 0 Å². The van der Waals surface area contributed by atoms with Crippen molar-refractivity contribution < 1.29 is 28.5 Å². The average Bonchev–Trinajstić information content (AvgIpc) is 2.57. The second-order valence-corrected chi connectivity index (χ2v) is 4.84. The molecule has 23 heavy (non-hydrogen) atoms. The van der Waals surface area contributed by atoms with Crippen molar-refractivity contribution >= 4 is 11.8 Å². The molecule has 0 bridgehead atoms. The molecule has 0 saturated carbocycles. The third kappa shape index (κ3) is 5.47. The molecule has 1 aromatic rings. The molecule has 0 unspecified atom stereocenters. The van der Waals surface area contributed by atoms with Crippen molar-refractivity contribution in [3.8, 4) is 17.2 Å². The van der Waals surface area contributed by atoms with Gasteiger partial charge in [0.25, 0.3) is 0 Å². The molecule has 0 fully saturated rings. The predicted molar refractivity (Wildman–Crippen MR) is 85.5 cm³/mol. The van der Waals surface area contributed by atoms with E-state index < -0.39 is 0 Å². The Morgan fingerprint density at radius 3 is 2.00 bits per heavy atom. The van der Waals surface area contributed by atoms with E-state index in [1.807, 2.05) is 0 Å². The summed E-state index contributed by atoms with van der Waals surface area (Å²) in [6.45, 7) is 2.14. The number of benzene rings is 1. The molecule has 0 amide bonds. The van der Waals surface area contributed by atoms with Crippen molar-refractivity contribution in [2.24, 2.45) is 0 Å². The number of methoxy groups -OCH3 is 3. The highest BCUT2D eigenvalue weighted by Crippen LogP contribution is 2.35. The van der Waals surface area contributed by atoms with Crippen LogP contribution in [-0.2, 0) is 9.53 Å². The lowest BCUT2D eigenvalue weighted by molar-refractivity contribution is -0.143. The van der Waals surface area contributed by atoms with Crippen LogP contribution < -0.4 is 14.2 Å². The third-order valence-corrected chi connectivity index (χ3v) is 3.35. The fourth-order valence-electron chi connectivity index (χ4n) is 2.17. The summed E-state index contributed by atoms with van der Waals surface area (Å²) in [6, 6.07) is 3.25. The molecule has 0 aliphatic heterocycles. The van der Waals surface area contributed by atoms with E-state index in [9.17, 15) is 9.59 Å². The number of carbonyl (C=O) groups excluding carboxylic acids is 2. The highest BCUT2D eigenvalue weighted by Gasteiger charge is 2.17. The van der Waals surface area contributed by atoms with E-state index in [0.717, 1.165) is 0 Å². The fourth-order valence-corrected chi connectivity index (χ4v) is 2.17. The summed E-state index contributed by atoms with van der Waals surface area (Å²) in [5.41, 5.74) is 0.446. The maximum atomic E-state index is 12.4. The quantitative estimate of drug-likeness (QED) is 0.374. The molecular formula is C17H24O6. The molecule has 6 heteroatoms. The summed E-state index contributed by atoms with van der Waals surface area (Å²) in [5, 5.41) is 0. The lowest BCUT2D eigenvalue weighted by Gasteiger charge is -2.13. The van der Waals surface area contributed by atoms with E-state index in [1.54, 1.807) is 19.1 Å². The number of ether oxygens (including phenoxy) is 4. The van der Waals surface area contributed by atoms with Crippen LogP contribution in [-0.4, -0.2) is 39.7 Å². The zero-order valence-electron chi connectivity index (χ0n) is 14.1. The van der Waals surface area contributed by atoms with Crippen molar-refractivity contribution in [2.45, 2.75) is 32.6 Å². The number of ketones is 1. The first-order chi connectivity index (χ1) is 11.1. The Kier molecular flexibility index (Phi) is 7.94. The van der Waals surface area contributed by atoms with Crippen LogP contribution in [0.2, 0.25) is 0 Å². The van der Waals surface area contributed by atoms with Crippen LogP contribution in [0.5, 0.6) is 17.2 Å². The number of Topliss-reactive ketones (excluding diaryl/α,β-unsaturated/α-hetero) is 1. The molecule has 0 N–H and O–H groups in total. The first kappa shape index (κ1) is 18.8. The van der Waals surface area contributed by atoms with Gasteiger partial charge in [0, 0.05) is 18.9 Å². The molecule has 0 spiro atoms. The fraction of sp³-hybridized carbons (Fsp3) is 0.529. The largest absolute Gasteiger partial charge is 0.496 e. The smallest absolute Gasteiger partial charge is 0.305 e. The van der Waals surface area contributed by atoms with Gasteiger partial charge in [0.1, 0.15) is 5.75 Å². The molecular weight excluding hydrogens is 300 g/mol. The molecule has 0 radical (unpaired) electrons. The van der Waals surface area contributed by atoms with Gasteiger partial charge in [-0.05, 0) is 25.8 Å². The van der Waals surface area contributed by atoms with Crippen LogP contribution in [0.25, 0.3) is 0 Å². The third-order valence-electron chi connectivity index (χ3n) is 3.35. The van der Waals surface area contributed by atoms with Gasteiger partial charge in [-0.1, -0.05) is 0 Å². The molecule has 0 aliphatic carbocycles. The molecule has 6 nitrogen and oxygen atoms in total. The van der Waals surface area contributed by atoms with Crippen LogP contribution in [0, 0.1) is 0 Å². The Labute approximate surface area is 136 Å².